The maximum absolute atomic E-state index is 13.8. The monoisotopic (exact) mass is 419 g/mol. The molecular weight excluding hydrogens is 400 g/mol. The van der Waals surface area contributed by atoms with Crippen molar-refractivity contribution in [3.8, 4) is 16.9 Å². The van der Waals surface area contributed by atoms with E-state index in [1.165, 1.54) is 0 Å². The smallest absolute Gasteiger partial charge is 0.251 e. The first kappa shape index (κ1) is 20.4. The zero-order chi connectivity index (χ0) is 21.8. The molecule has 1 amide bonds. The molecule has 0 bridgehead atoms. The van der Waals surface area contributed by atoms with Gasteiger partial charge in [-0.05, 0) is 30.3 Å². The van der Waals surface area contributed by atoms with Crippen LogP contribution in [0.1, 0.15) is 22.0 Å². The van der Waals surface area contributed by atoms with Gasteiger partial charge in [-0.2, -0.15) is 5.10 Å². The zero-order valence-electron chi connectivity index (χ0n) is 16.4. The van der Waals surface area contributed by atoms with Gasteiger partial charge < -0.3 is 10.4 Å². The molecule has 1 aromatic heterocycles. The van der Waals surface area contributed by atoms with Crippen LogP contribution in [0.4, 0.5) is 8.78 Å². The van der Waals surface area contributed by atoms with E-state index in [-0.39, 0.29) is 12.1 Å². The van der Waals surface area contributed by atoms with Gasteiger partial charge in [0.25, 0.3) is 5.91 Å². The van der Waals surface area contributed by atoms with E-state index in [2.05, 4.69) is 10.4 Å². The number of aliphatic hydroxyl groups excluding tert-OH is 1. The van der Waals surface area contributed by atoms with Crippen molar-refractivity contribution >= 4 is 5.91 Å². The minimum Gasteiger partial charge on any atom is -0.386 e. The van der Waals surface area contributed by atoms with Crippen LogP contribution < -0.4 is 5.32 Å². The van der Waals surface area contributed by atoms with E-state index in [0.29, 0.717) is 17.3 Å². The third-order valence-corrected chi connectivity index (χ3v) is 4.84. The van der Waals surface area contributed by atoms with Crippen molar-refractivity contribution in [3.63, 3.8) is 0 Å². The Balaban J connectivity index is 1.50. The van der Waals surface area contributed by atoms with E-state index in [4.69, 9.17) is 0 Å². The summed E-state index contributed by atoms with van der Waals surface area (Å²) in [6.45, 7) is -0.220. The highest BCUT2D eigenvalue weighted by Crippen LogP contribution is 2.23. The average molecular weight is 419 g/mol. The van der Waals surface area contributed by atoms with Crippen LogP contribution in [0.2, 0.25) is 0 Å². The van der Waals surface area contributed by atoms with Crippen molar-refractivity contribution in [1.29, 1.82) is 0 Å². The Morgan fingerprint density at radius 2 is 1.81 bits per heavy atom. The number of amides is 1. The minimum absolute atomic E-state index is 0.0838. The molecule has 7 heteroatoms. The molecule has 31 heavy (non-hydrogen) atoms. The topological polar surface area (TPSA) is 67.2 Å². The first-order chi connectivity index (χ1) is 15.0. The fraction of sp³-hybridized carbons (Fsp3) is 0.0833. The molecule has 1 unspecified atom stereocenters. The number of hydrogen-bond acceptors (Lipinski definition) is 3. The van der Waals surface area contributed by atoms with Gasteiger partial charge in [-0.1, -0.05) is 42.5 Å². The lowest BCUT2D eigenvalue weighted by atomic mass is 10.1. The van der Waals surface area contributed by atoms with Crippen LogP contribution >= 0.6 is 0 Å². The van der Waals surface area contributed by atoms with Crippen LogP contribution in [0.3, 0.4) is 0 Å². The number of aromatic nitrogens is 2. The predicted molar refractivity (Wildman–Crippen MR) is 113 cm³/mol. The number of benzene rings is 3. The van der Waals surface area contributed by atoms with Crippen molar-refractivity contribution in [1.82, 2.24) is 15.1 Å². The van der Waals surface area contributed by atoms with Crippen LogP contribution in [0.5, 0.6) is 0 Å². The normalized spacial score (nSPS) is 11.8. The van der Waals surface area contributed by atoms with Crippen LogP contribution in [-0.4, -0.2) is 27.3 Å². The number of hydrogen-bond donors (Lipinski definition) is 2. The Morgan fingerprint density at radius 1 is 1.00 bits per heavy atom. The highest BCUT2D eigenvalue weighted by molar-refractivity contribution is 5.94. The number of carbonyl (C=O) groups is 1. The number of nitrogens with zero attached hydrogens (tertiary/aromatic N) is 2. The molecule has 0 spiro atoms. The molecule has 1 heterocycles. The molecule has 0 saturated heterocycles. The summed E-state index contributed by atoms with van der Waals surface area (Å²) in [5.41, 5.74) is 2.83. The van der Waals surface area contributed by atoms with E-state index in [9.17, 15) is 18.7 Å². The summed E-state index contributed by atoms with van der Waals surface area (Å²) in [6.07, 6.45) is 0.381. The van der Waals surface area contributed by atoms with Gasteiger partial charge in [0.2, 0.25) is 0 Å². The molecule has 0 aliphatic heterocycles. The average Bonchev–Trinajstić information content (AvgIpc) is 3.28. The van der Waals surface area contributed by atoms with Crippen molar-refractivity contribution in [3.05, 3.63) is 108 Å². The minimum atomic E-state index is -1.30. The molecule has 5 nitrogen and oxygen atoms in total. The molecule has 0 aliphatic carbocycles. The summed E-state index contributed by atoms with van der Waals surface area (Å²) in [5, 5.41) is 17.1. The Bertz CT molecular complexity index is 1210. The van der Waals surface area contributed by atoms with E-state index >= 15 is 0 Å². The first-order valence-electron chi connectivity index (χ1n) is 9.64. The van der Waals surface area contributed by atoms with E-state index < -0.39 is 23.6 Å². The number of carbonyl (C=O) groups excluding carboxylic acids is 1. The zero-order valence-corrected chi connectivity index (χ0v) is 16.4. The molecule has 156 valence electrons. The maximum atomic E-state index is 13.8. The van der Waals surface area contributed by atoms with Gasteiger partial charge in [0.1, 0.15) is 11.6 Å². The summed E-state index contributed by atoms with van der Waals surface area (Å²) in [4.78, 5) is 12.6. The lowest BCUT2D eigenvalue weighted by molar-refractivity contribution is 0.0914. The predicted octanol–water partition coefficient (Wildman–Crippen LogP) is 4.28. The lowest BCUT2D eigenvalue weighted by Gasteiger charge is -2.14. The van der Waals surface area contributed by atoms with Gasteiger partial charge >= 0.3 is 0 Å². The number of aliphatic hydroxyl groups is 1. The van der Waals surface area contributed by atoms with Gasteiger partial charge in [-0.3, -0.25) is 4.79 Å². The summed E-state index contributed by atoms with van der Waals surface area (Å²) < 4.78 is 28.6. The van der Waals surface area contributed by atoms with Crippen molar-refractivity contribution in [2.24, 2.45) is 0 Å². The van der Waals surface area contributed by atoms with Crippen LogP contribution in [0.15, 0.2) is 85.1 Å². The third kappa shape index (κ3) is 4.51. The second-order valence-electron chi connectivity index (χ2n) is 6.94. The Morgan fingerprint density at radius 3 is 2.58 bits per heavy atom. The molecule has 1 atom stereocenters. The van der Waals surface area contributed by atoms with E-state index in [1.807, 2.05) is 42.5 Å². The largest absolute Gasteiger partial charge is 0.386 e. The maximum Gasteiger partial charge on any atom is 0.251 e. The van der Waals surface area contributed by atoms with Gasteiger partial charge in [-0.15, -0.1) is 0 Å². The molecular formula is C24H19F2N3O2. The molecule has 0 saturated carbocycles. The van der Waals surface area contributed by atoms with Crippen molar-refractivity contribution < 1.29 is 18.7 Å². The second-order valence-corrected chi connectivity index (χ2v) is 6.94. The SMILES string of the molecule is O=C(NCC(O)c1ccc(F)cc1F)c1cccc(-n2nccc2-c2ccccc2)c1. The number of rotatable bonds is 6. The molecule has 2 N–H and O–H groups in total. The second kappa shape index (κ2) is 8.89. The van der Waals surface area contributed by atoms with Crippen molar-refractivity contribution in [2.45, 2.75) is 6.10 Å². The molecule has 4 rings (SSSR count). The Hall–Kier alpha value is -3.84. The highest BCUT2D eigenvalue weighted by Gasteiger charge is 2.16. The van der Waals surface area contributed by atoms with Crippen molar-refractivity contribution in [2.75, 3.05) is 6.54 Å². The molecule has 0 fully saturated rings. The van der Waals surface area contributed by atoms with Gasteiger partial charge in [0.15, 0.2) is 0 Å². The molecule has 3 aromatic carbocycles. The van der Waals surface area contributed by atoms with Gasteiger partial charge in [0, 0.05) is 29.3 Å². The molecule has 0 aliphatic rings. The first-order valence-corrected chi connectivity index (χ1v) is 9.64. The number of nitrogens with one attached hydrogen (secondary N) is 1. The van der Waals surface area contributed by atoms with Crippen LogP contribution in [-0.2, 0) is 0 Å². The van der Waals surface area contributed by atoms with E-state index in [1.54, 1.807) is 29.1 Å². The van der Waals surface area contributed by atoms with Gasteiger partial charge in [0.05, 0.1) is 23.7 Å². The van der Waals surface area contributed by atoms with Gasteiger partial charge in [-0.25, -0.2) is 13.5 Å². The van der Waals surface area contributed by atoms with Crippen LogP contribution in [0, 0.1) is 11.6 Å². The Kier molecular flexibility index (Phi) is 5.86. The fourth-order valence-corrected chi connectivity index (χ4v) is 3.29. The van der Waals surface area contributed by atoms with Crippen LogP contribution in [0.25, 0.3) is 16.9 Å². The number of halogens is 2. The fourth-order valence-electron chi connectivity index (χ4n) is 3.29. The Labute approximate surface area is 177 Å². The molecule has 4 aromatic rings. The lowest BCUT2D eigenvalue weighted by Crippen LogP contribution is -2.28. The highest BCUT2D eigenvalue weighted by atomic mass is 19.1. The summed E-state index contributed by atoms with van der Waals surface area (Å²) >= 11 is 0. The molecule has 0 radical (unpaired) electrons. The summed E-state index contributed by atoms with van der Waals surface area (Å²) in [6, 6.07) is 21.4. The third-order valence-electron chi connectivity index (χ3n) is 4.84. The quantitative estimate of drug-likeness (QED) is 0.490. The standard InChI is InChI=1S/C24H19F2N3O2/c25-18-9-10-20(21(26)14-18)23(30)15-27-24(31)17-7-4-8-19(13-17)29-22(11-12-28-29)16-5-2-1-3-6-16/h1-14,23,30H,15H2,(H,27,31). The summed E-state index contributed by atoms with van der Waals surface area (Å²) in [7, 11) is 0. The van der Waals surface area contributed by atoms with E-state index in [0.717, 1.165) is 23.4 Å². The summed E-state index contributed by atoms with van der Waals surface area (Å²) in [5.74, 6) is -2.03.